The fraction of sp³-hybridized carbons (Fsp3) is 0.750. The van der Waals surface area contributed by atoms with Gasteiger partial charge in [-0.25, -0.2) is 0 Å². The minimum atomic E-state index is 0.368. The third-order valence-corrected chi connectivity index (χ3v) is 2.73. The summed E-state index contributed by atoms with van der Waals surface area (Å²) in [5.41, 5.74) is 0. The van der Waals surface area contributed by atoms with Crippen molar-refractivity contribution in [3.63, 3.8) is 0 Å². The van der Waals surface area contributed by atoms with Gasteiger partial charge < -0.3 is 0 Å². The summed E-state index contributed by atoms with van der Waals surface area (Å²) in [5.74, 6) is 6.59. The highest BCUT2D eigenvalue weighted by atomic mass is 16.1. The van der Waals surface area contributed by atoms with Crippen molar-refractivity contribution in [1.29, 1.82) is 0 Å². The van der Waals surface area contributed by atoms with Crippen molar-refractivity contribution in [2.24, 2.45) is 5.92 Å². The van der Waals surface area contributed by atoms with Crippen LogP contribution >= 0.6 is 0 Å². The zero-order valence-electron chi connectivity index (χ0n) is 8.44. The molecule has 1 heteroatoms. The standard InChI is InChI=1S/C12H18O/c1-2-3-5-10-12(13)11-8-6-4-7-9-11/h11H,4-10H2,1H3. The molecular formula is C12H18O. The number of Topliss-reactive ketones (excluding diaryl/α,β-unsaturated/α-hetero) is 1. The maximum atomic E-state index is 11.6. The van der Waals surface area contributed by atoms with E-state index in [1.807, 2.05) is 6.92 Å². The van der Waals surface area contributed by atoms with E-state index in [-0.39, 0.29) is 0 Å². The predicted molar refractivity (Wildman–Crippen MR) is 54.3 cm³/mol. The second-order valence-corrected chi connectivity index (χ2v) is 3.73. The number of carbonyl (C=O) groups is 1. The molecule has 0 atom stereocenters. The minimum Gasteiger partial charge on any atom is -0.299 e. The lowest BCUT2D eigenvalue weighted by atomic mass is 9.85. The van der Waals surface area contributed by atoms with Crippen LogP contribution in [0.1, 0.15) is 51.9 Å². The first kappa shape index (κ1) is 10.3. The number of hydrogen-bond acceptors (Lipinski definition) is 1. The molecule has 1 rings (SSSR count). The molecular weight excluding hydrogens is 160 g/mol. The molecule has 1 aliphatic carbocycles. The summed E-state index contributed by atoms with van der Waals surface area (Å²) in [4.78, 5) is 11.6. The first-order valence-electron chi connectivity index (χ1n) is 5.27. The van der Waals surface area contributed by atoms with E-state index in [0.29, 0.717) is 18.1 Å². The first-order valence-corrected chi connectivity index (χ1v) is 5.27. The van der Waals surface area contributed by atoms with Crippen molar-refractivity contribution in [1.82, 2.24) is 0 Å². The number of rotatable bonds is 3. The summed E-state index contributed by atoms with van der Waals surface area (Å²) in [5, 5.41) is 0. The Morgan fingerprint density at radius 3 is 2.62 bits per heavy atom. The number of ketones is 1. The van der Waals surface area contributed by atoms with Gasteiger partial charge in [0.15, 0.2) is 0 Å². The Bertz CT molecular complexity index is 213. The van der Waals surface area contributed by atoms with Gasteiger partial charge in [-0.05, 0) is 19.8 Å². The molecule has 0 saturated heterocycles. The van der Waals surface area contributed by atoms with E-state index in [9.17, 15) is 4.79 Å². The summed E-state index contributed by atoms with van der Waals surface area (Å²) in [6.07, 6.45) is 7.48. The Morgan fingerprint density at radius 1 is 1.31 bits per heavy atom. The molecule has 13 heavy (non-hydrogen) atoms. The number of hydrogen-bond donors (Lipinski definition) is 0. The summed E-state index contributed by atoms with van der Waals surface area (Å²) in [7, 11) is 0. The van der Waals surface area contributed by atoms with Crippen molar-refractivity contribution in [2.75, 3.05) is 0 Å². The van der Waals surface area contributed by atoms with Gasteiger partial charge in [0.05, 0.1) is 0 Å². The van der Waals surface area contributed by atoms with Crippen molar-refractivity contribution in [2.45, 2.75) is 51.9 Å². The van der Waals surface area contributed by atoms with Crippen LogP contribution in [0, 0.1) is 17.8 Å². The van der Waals surface area contributed by atoms with Gasteiger partial charge in [-0.15, -0.1) is 11.8 Å². The molecule has 0 aromatic carbocycles. The average Bonchev–Trinajstić information content (AvgIpc) is 2.19. The Labute approximate surface area is 80.9 Å². The van der Waals surface area contributed by atoms with Gasteiger partial charge >= 0.3 is 0 Å². The van der Waals surface area contributed by atoms with Crippen LogP contribution in [0.25, 0.3) is 0 Å². The highest BCUT2D eigenvalue weighted by molar-refractivity contribution is 5.81. The van der Waals surface area contributed by atoms with Gasteiger partial charge in [-0.1, -0.05) is 19.3 Å². The number of carbonyl (C=O) groups excluding carboxylic acids is 1. The molecule has 0 heterocycles. The van der Waals surface area contributed by atoms with Crippen LogP contribution in [0.3, 0.4) is 0 Å². The normalized spacial score (nSPS) is 17.6. The molecule has 0 amide bonds. The van der Waals surface area contributed by atoms with Crippen LogP contribution in [0.2, 0.25) is 0 Å². The highest BCUT2D eigenvalue weighted by Gasteiger charge is 2.19. The Kier molecular flexibility index (Phi) is 4.60. The molecule has 1 fully saturated rings. The Morgan fingerprint density at radius 2 is 2.00 bits per heavy atom. The topological polar surface area (TPSA) is 17.1 Å². The summed E-state index contributed by atoms with van der Waals surface area (Å²) < 4.78 is 0. The van der Waals surface area contributed by atoms with Gasteiger partial charge in [0.2, 0.25) is 0 Å². The minimum absolute atomic E-state index is 0.368. The maximum absolute atomic E-state index is 11.6. The van der Waals surface area contributed by atoms with Crippen LogP contribution in [0.15, 0.2) is 0 Å². The van der Waals surface area contributed by atoms with Crippen molar-refractivity contribution < 1.29 is 4.79 Å². The molecule has 0 spiro atoms. The fourth-order valence-electron chi connectivity index (χ4n) is 1.94. The van der Waals surface area contributed by atoms with E-state index in [1.54, 1.807) is 0 Å². The van der Waals surface area contributed by atoms with Crippen molar-refractivity contribution in [3.05, 3.63) is 0 Å². The van der Waals surface area contributed by atoms with Gasteiger partial charge in [-0.2, -0.15) is 0 Å². The summed E-state index contributed by atoms with van der Waals surface area (Å²) in [6, 6.07) is 0. The van der Waals surface area contributed by atoms with Crippen molar-refractivity contribution >= 4 is 5.78 Å². The van der Waals surface area contributed by atoms with E-state index in [4.69, 9.17) is 0 Å². The van der Waals surface area contributed by atoms with E-state index in [2.05, 4.69) is 11.8 Å². The largest absolute Gasteiger partial charge is 0.299 e. The summed E-state index contributed by atoms with van der Waals surface area (Å²) in [6.45, 7) is 1.82. The van der Waals surface area contributed by atoms with E-state index in [0.717, 1.165) is 19.3 Å². The third-order valence-electron chi connectivity index (χ3n) is 2.73. The molecule has 1 nitrogen and oxygen atoms in total. The average molecular weight is 178 g/mol. The Hall–Kier alpha value is -0.770. The third kappa shape index (κ3) is 3.63. The molecule has 1 saturated carbocycles. The molecule has 0 unspecified atom stereocenters. The van der Waals surface area contributed by atoms with Crippen LogP contribution in [0.5, 0.6) is 0 Å². The van der Waals surface area contributed by atoms with E-state index >= 15 is 0 Å². The van der Waals surface area contributed by atoms with Crippen LogP contribution in [-0.4, -0.2) is 5.78 Å². The molecule has 0 radical (unpaired) electrons. The molecule has 0 aromatic rings. The van der Waals surface area contributed by atoms with Crippen molar-refractivity contribution in [3.8, 4) is 11.8 Å². The SMILES string of the molecule is CC#CCCC(=O)C1CCCCC1. The summed E-state index contributed by atoms with van der Waals surface area (Å²) >= 11 is 0. The van der Waals surface area contributed by atoms with Gasteiger partial charge in [-0.3, -0.25) is 4.79 Å². The highest BCUT2D eigenvalue weighted by Crippen LogP contribution is 2.25. The second kappa shape index (κ2) is 5.80. The lowest BCUT2D eigenvalue weighted by Crippen LogP contribution is -2.17. The maximum Gasteiger partial charge on any atom is 0.136 e. The molecule has 0 aromatic heterocycles. The second-order valence-electron chi connectivity index (χ2n) is 3.73. The smallest absolute Gasteiger partial charge is 0.136 e. The molecule has 0 aliphatic heterocycles. The van der Waals surface area contributed by atoms with Crippen LogP contribution in [0.4, 0.5) is 0 Å². The fourth-order valence-corrected chi connectivity index (χ4v) is 1.94. The molecule has 0 bridgehead atoms. The van der Waals surface area contributed by atoms with Gasteiger partial charge in [0.25, 0.3) is 0 Å². The lowest BCUT2D eigenvalue weighted by Gasteiger charge is -2.19. The molecule has 1 aliphatic rings. The van der Waals surface area contributed by atoms with E-state index in [1.165, 1.54) is 19.3 Å². The molecule has 72 valence electrons. The molecule has 0 N–H and O–H groups in total. The van der Waals surface area contributed by atoms with Crippen LogP contribution < -0.4 is 0 Å². The predicted octanol–water partition coefficient (Wildman–Crippen LogP) is 2.94. The van der Waals surface area contributed by atoms with Gasteiger partial charge in [0.1, 0.15) is 5.78 Å². The quantitative estimate of drug-likeness (QED) is 0.607. The van der Waals surface area contributed by atoms with Crippen LogP contribution in [-0.2, 0) is 4.79 Å². The first-order chi connectivity index (χ1) is 6.34. The zero-order valence-corrected chi connectivity index (χ0v) is 8.44. The lowest BCUT2D eigenvalue weighted by molar-refractivity contribution is -0.123. The van der Waals surface area contributed by atoms with Gasteiger partial charge in [0, 0.05) is 18.8 Å². The van der Waals surface area contributed by atoms with E-state index < -0.39 is 0 Å². The zero-order chi connectivity index (χ0) is 9.52. The monoisotopic (exact) mass is 178 g/mol. The Balaban J connectivity index is 2.23.